The zero-order valence-corrected chi connectivity index (χ0v) is 17.2. The summed E-state index contributed by atoms with van der Waals surface area (Å²) in [6.45, 7) is 7.48. The normalized spacial score (nSPS) is 24.2. The lowest BCUT2D eigenvalue weighted by molar-refractivity contribution is 0.0904. The monoisotopic (exact) mass is 386 g/mol. The fraction of sp³-hybridized carbons (Fsp3) is 0.944. The van der Waals surface area contributed by atoms with E-state index >= 15 is 0 Å². The molecule has 1 aliphatic heterocycles. The number of piperazine rings is 1. The summed E-state index contributed by atoms with van der Waals surface area (Å²) in [5.74, 6) is 1.89. The van der Waals surface area contributed by atoms with E-state index in [0.717, 1.165) is 18.4 Å². The molecule has 0 amide bonds. The Hall–Kier alpha value is -0.860. The van der Waals surface area contributed by atoms with Crippen molar-refractivity contribution in [3.05, 3.63) is 0 Å². The van der Waals surface area contributed by atoms with Gasteiger partial charge in [-0.05, 0) is 50.9 Å². The molecule has 1 saturated heterocycles. The van der Waals surface area contributed by atoms with Crippen molar-refractivity contribution in [3.8, 4) is 0 Å². The quantitative estimate of drug-likeness (QED) is 0.500. The van der Waals surface area contributed by atoms with Gasteiger partial charge in [0.25, 0.3) is 0 Å². The van der Waals surface area contributed by atoms with Gasteiger partial charge in [-0.1, -0.05) is 0 Å². The Balaban J connectivity index is 1.44. The molecule has 0 aromatic heterocycles. The molecule has 3 fully saturated rings. The van der Waals surface area contributed by atoms with Crippen LogP contribution >= 0.6 is 0 Å². The van der Waals surface area contributed by atoms with Gasteiger partial charge in [-0.3, -0.25) is 4.99 Å². The topological polar surface area (TPSA) is 74.2 Å². The second kappa shape index (κ2) is 8.02. The van der Waals surface area contributed by atoms with Crippen LogP contribution in [-0.4, -0.2) is 81.8 Å². The first-order valence-corrected chi connectivity index (χ1v) is 11.5. The number of sulfonamides is 1. The highest BCUT2D eigenvalue weighted by atomic mass is 32.2. The molecule has 2 aliphatic carbocycles. The Morgan fingerprint density at radius 2 is 1.88 bits per heavy atom. The summed E-state index contributed by atoms with van der Waals surface area (Å²) in [5, 5.41) is 3.55. The van der Waals surface area contributed by atoms with Gasteiger partial charge < -0.3 is 15.0 Å². The fourth-order valence-electron chi connectivity index (χ4n) is 3.87. The summed E-state index contributed by atoms with van der Waals surface area (Å²) in [6, 6.07) is 0. The molecule has 26 heavy (non-hydrogen) atoms. The van der Waals surface area contributed by atoms with Gasteiger partial charge in [-0.25, -0.2) is 8.42 Å². The van der Waals surface area contributed by atoms with Crippen molar-refractivity contribution < 1.29 is 13.2 Å². The van der Waals surface area contributed by atoms with Gasteiger partial charge in [0.15, 0.2) is 5.96 Å². The first-order chi connectivity index (χ1) is 12.4. The van der Waals surface area contributed by atoms with E-state index in [4.69, 9.17) is 4.74 Å². The smallest absolute Gasteiger partial charge is 0.216 e. The van der Waals surface area contributed by atoms with Gasteiger partial charge in [0.2, 0.25) is 10.0 Å². The van der Waals surface area contributed by atoms with Crippen LogP contribution < -0.4 is 5.32 Å². The van der Waals surface area contributed by atoms with Crippen molar-refractivity contribution in [2.24, 2.45) is 16.3 Å². The molecule has 1 heterocycles. The molecule has 3 rings (SSSR count). The van der Waals surface area contributed by atoms with E-state index in [2.05, 4.69) is 15.2 Å². The second-order valence-corrected chi connectivity index (χ2v) is 10.2. The molecule has 0 spiro atoms. The molecule has 0 aromatic carbocycles. The number of ether oxygens (including phenoxy) is 1. The predicted octanol–water partition coefficient (Wildman–Crippen LogP) is 1.12. The van der Waals surface area contributed by atoms with E-state index in [9.17, 15) is 8.42 Å². The number of rotatable bonds is 8. The van der Waals surface area contributed by atoms with Gasteiger partial charge in [-0.15, -0.1) is 0 Å². The van der Waals surface area contributed by atoms with Crippen LogP contribution in [0.15, 0.2) is 4.99 Å². The maximum Gasteiger partial charge on any atom is 0.216 e. The lowest BCUT2D eigenvalue weighted by atomic mass is 10.0. The first-order valence-electron chi connectivity index (χ1n) is 9.91. The van der Waals surface area contributed by atoms with Crippen LogP contribution in [0, 0.1) is 11.3 Å². The minimum absolute atomic E-state index is 0.0573. The van der Waals surface area contributed by atoms with Crippen LogP contribution in [0.1, 0.15) is 39.5 Å². The highest BCUT2D eigenvalue weighted by molar-refractivity contribution is 7.89. The molecule has 0 radical (unpaired) electrons. The summed E-state index contributed by atoms with van der Waals surface area (Å²) in [5.41, 5.74) is 0.525. The third-order valence-electron chi connectivity index (χ3n) is 5.87. The van der Waals surface area contributed by atoms with E-state index in [1.807, 2.05) is 20.9 Å². The van der Waals surface area contributed by atoms with Crippen molar-refractivity contribution in [1.29, 1.82) is 0 Å². The molecule has 0 aromatic rings. The summed E-state index contributed by atoms with van der Waals surface area (Å²) >= 11 is 0. The number of nitrogens with zero attached hydrogens (tertiary/aromatic N) is 3. The second-order valence-electron chi connectivity index (χ2n) is 8.16. The summed E-state index contributed by atoms with van der Waals surface area (Å²) < 4.78 is 31.9. The molecule has 0 unspecified atom stereocenters. The minimum Gasteiger partial charge on any atom is -0.378 e. The van der Waals surface area contributed by atoms with Gasteiger partial charge in [0.1, 0.15) is 0 Å². The number of hydrogen-bond acceptors (Lipinski definition) is 4. The van der Waals surface area contributed by atoms with Gasteiger partial charge in [0.05, 0.1) is 18.5 Å². The fourth-order valence-corrected chi connectivity index (χ4v) is 5.15. The average Bonchev–Trinajstić information content (AvgIpc) is 3.48. The zero-order valence-electron chi connectivity index (χ0n) is 16.4. The van der Waals surface area contributed by atoms with Crippen molar-refractivity contribution in [2.45, 2.75) is 45.6 Å². The SMILES string of the molecule is CN=C(NCC1(C2CC2)CC1)N1CCN(S(=O)(=O)CCOC(C)C)CC1. The largest absolute Gasteiger partial charge is 0.378 e. The van der Waals surface area contributed by atoms with Crippen molar-refractivity contribution in [3.63, 3.8) is 0 Å². The van der Waals surface area contributed by atoms with Crippen LogP contribution in [0.3, 0.4) is 0 Å². The lowest BCUT2D eigenvalue weighted by Crippen LogP contribution is -2.54. The van der Waals surface area contributed by atoms with E-state index < -0.39 is 10.0 Å². The van der Waals surface area contributed by atoms with Crippen LogP contribution in [0.5, 0.6) is 0 Å². The first kappa shape index (κ1) is 19.9. The van der Waals surface area contributed by atoms with Crippen LogP contribution in [0.4, 0.5) is 0 Å². The Kier molecular flexibility index (Phi) is 6.14. The molecule has 2 saturated carbocycles. The van der Waals surface area contributed by atoms with E-state index in [0.29, 0.717) is 31.6 Å². The van der Waals surface area contributed by atoms with E-state index in [-0.39, 0.29) is 18.5 Å². The Bertz CT molecular complexity index is 604. The average molecular weight is 387 g/mol. The minimum atomic E-state index is -3.24. The molecular formula is C18H34N4O3S. The maximum absolute atomic E-state index is 12.4. The molecule has 150 valence electrons. The lowest BCUT2D eigenvalue weighted by Gasteiger charge is -2.36. The van der Waals surface area contributed by atoms with Crippen LogP contribution in [-0.2, 0) is 14.8 Å². The van der Waals surface area contributed by atoms with E-state index in [1.54, 1.807) is 4.31 Å². The zero-order chi connectivity index (χ0) is 18.8. The van der Waals surface area contributed by atoms with Crippen molar-refractivity contribution >= 4 is 16.0 Å². The molecule has 1 N–H and O–H groups in total. The number of hydrogen-bond donors (Lipinski definition) is 1. The standard InChI is InChI=1S/C18H34N4O3S/c1-15(2)25-12-13-26(23,24)22-10-8-21(9-11-22)17(19-3)20-14-18(6-7-18)16-4-5-16/h15-16H,4-14H2,1-3H3,(H,19,20). The van der Waals surface area contributed by atoms with Crippen molar-refractivity contribution in [1.82, 2.24) is 14.5 Å². The number of nitrogens with one attached hydrogen (secondary N) is 1. The Morgan fingerprint density at radius 3 is 2.38 bits per heavy atom. The summed E-state index contributed by atoms with van der Waals surface area (Å²) in [4.78, 5) is 6.60. The van der Waals surface area contributed by atoms with Crippen molar-refractivity contribution in [2.75, 3.05) is 52.1 Å². The molecular weight excluding hydrogens is 352 g/mol. The third kappa shape index (κ3) is 4.89. The highest BCUT2D eigenvalue weighted by Crippen LogP contribution is 2.60. The Morgan fingerprint density at radius 1 is 1.23 bits per heavy atom. The third-order valence-corrected chi connectivity index (χ3v) is 7.70. The summed E-state index contributed by atoms with van der Waals surface area (Å²) in [6.07, 6.45) is 5.51. The van der Waals surface area contributed by atoms with Gasteiger partial charge >= 0.3 is 0 Å². The summed E-state index contributed by atoms with van der Waals surface area (Å²) in [7, 11) is -1.43. The van der Waals surface area contributed by atoms with Gasteiger partial charge in [-0.2, -0.15) is 4.31 Å². The van der Waals surface area contributed by atoms with Gasteiger partial charge in [0, 0.05) is 39.8 Å². The molecule has 3 aliphatic rings. The molecule has 8 heteroatoms. The molecule has 0 atom stereocenters. The molecule has 7 nitrogen and oxygen atoms in total. The van der Waals surface area contributed by atoms with Crippen LogP contribution in [0.25, 0.3) is 0 Å². The highest BCUT2D eigenvalue weighted by Gasteiger charge is 2.53. The number of guanidine groups is 1. The van der Waals surface area contributed by atoms with Crippen LogP contribution in [0.2, 0.25) is 0 Å². The predicted molar refractivity (Wildman–Crippen MR) is 104 cm³/mol. The van der Waals surface area contributed by atoms with E-state index in [1.165, 1.54) is 25.7 Å². The maximum atomic E-state index is 12.4. The Labute approximate surface area is 158 Å². The number of aliphatic imine (C=N–C) groups is 1. The molecule has 0 bridgehead atoms.